The Labute approximate surface area is 208 Å². The normalized spacial score (nSPS) is 14.6. The first-order valence-electron chi connectivity index (χ1n) is 10.3. The molecule has 3 heterocycles. The molecule has 0 radical (unpaired) electrons. The second-order valence-electron chi connectivity index (χ2n) is 7.58. The van der Waals surface area contributed by atoms with Crippen molar-refractivity contribution in [2.75, 3.05) is 18.5 Å². The zero-order valence-corrected chi connectivity index (χ0v) is 20.4. The number of nitrogens with zero attached hydrogens (tertiary/aromatic N) is 4. The summed E-state index contributed by atoms with van der Waals surface area (Å²) in [4.78, 5) is 30.0. The Morgan fingerprint density at radius 2 is 2.09 bits per heavy atom. The molecule has 1 N–H and O–H groups in total. The molecule has 0 fully saturated rings. The molecule has 4 rings (SSSR count). The quantitative estimate of drug-likeness (QED) is 0.446. The minimum Gasteiger partial charge on any atom is -0.374 e. The SMILES string of the molecule is CCc1c(Br)c(=O)n2nc(C3=C(F)COCC3)nc2n1CC(=O)Nc1ccc(C(F)(F)F)cc1Cl. The number of hydrogen-bond donors (Lipinski definition) is 1. The van der Waals surface area contributed by atoms with E-state index in [-0.39, 0.29) is 58.5 Å². The van der Waals surface area contributed by atoms with Gasteiger partial charge in [-0.05, 0) is 40.5 Å². The maximum absolute atomic E-state index is 14.3. The highest BCUT2D eigenvalue weighted by Crippen LogP contribution is 2.34. The van der Waals surface area contributed by atoms with Crippen molar-refractivity contribution in [1.82, 2.24) is 19.2 Å². The average Bonchev–Trinajstić information content (AvgIpc) is 3.24. The Kier molecular flexibility index (Phi) is 7.02. The molecule has 14 heteroatoms. The van der Waals surface area contributed by atoms with E-state index < -0.39 is 29.0 Å². The maximum Gasteiger partial charge on any atom is 0.416 e. The van der Waals surface area contributed by atoms with Crippen LogP contribution in [-0.2, 0) is 28.7 Å². The van der Waals surface area contributed by atoms with E-state index >= 15 is 0 Å². The Hall–Kier alpha value is -2.77. The lowest BCUT2D eigenvalue weighted by atomic mass is 10.1. The van der Waals surface area contributed by atoms with Crippen LogP contribution < -0.4 is 10.9 Å². The topological polar surface area (TPSA) is 90.5 Å². The number of hydrogen-bond acceptors (Lipinski definition) is 5. The van der Waals surface area contributed by atoms with E-state index in [1.165, 1.54) is 4.57 Å². The van der Waals surface area contributed by atoms with Crippen molar-refractivity contribution in [3.05, 3.63) is 61.0 Å². The van der Waals surface area contributed by atoms with E-state index in [4.69, 9.17) is 16.3 Å². The fourth-order valence-electron chi connectivity index (χ4n) is 3.63. The monoisotopic (exact) mass is 577 g/mol. The molecule has 1 aliphatic rings. The average molecular weight is 579 g/mol. The zero-order valence-electron chi connectivity index (χ0n) is 18.0. The predicted octanol–water partition coefficient (Wildman–Crippen LogP) is 4.63. The third kappa shape index (κ3) is 4.98. The lowest BCUT2D eigenvalue weighted by molar-refractivity contribution is -0.137. The number of halogens is 6. The summed E-state index contributed by atoms with van der Waals surface area (Å²) in [5, 5.41) is 6.33. The van der Waals surface area contributed by atoms with Gasteiger partial charge in [-0.25, -0.2) is 4.39 Å². The molecule has 0 saturated heterocycles. The van der Waals surface area contributed by atoms with E-state index in [1.807, 2.05) is 0 Å². The third-order valence-electron chi connectivity index (χ3n) is 5.32. The number of nitrogens with one attached hydrogen (secondary N) is 1. The standard InChI is InChI=1S/C21H17BrClF4N5O3/c1-2-15-17(22)19(34)32-20(29-18(30-32)11-5-6-35-9-13(11)24)31(15)8-16(33)28-14-4-3-10(7-12(14)23)21(25,26)27/h3-4,7H,2,5-6,8-9H2,1H3,(H,28,33). The Morgan fingerprint density at radius 1 is 1.34 bits per heavy atom. The number of benzene rings is 1. The second kappa shape index (κ2) is 9.70. The van der Waals surface area contributed by atoms with E-state index in [2.05, 4.69) is 31.3 Å². The van der Waals surface area contributed by atoms with Crippen LogP contribution in [0.1, 0.15) is 30.4 Å². The number of amides is 1. The third-order valence-corrected chi connectivity index (χ3v) is 6.43. The minimum atomic E-state index is -4.58. The summed E-state index contributed by atoms with van der Waals surface area (Å²) in [6.07, 6.45) is -4.04. The van der Waals surface area contributed by atoms with Crippen LogP contribution in [0.5, 0.6) is 0 Å². The highest BCUT2D eigenvalue weighted by molar-refractivity contribution is 9.10. The summed E-state index contributed by atoms with van der Waals surface area (Å²) in [5.74, 6) is -1.18. The van der Waals surface area contributed by atoms with E-state index in [9.17, 15) is 27.2 Å². The van der Waals surface area contributed by atoms with Gasteiger partial charge in [0, 0.05) is 17.7 Å². The molecule has 2 aromatic heterocycles. The molecule has 3 aromatic rings. The van der Waals surface area contributed by atoms with Crippen molar-refractivity contribution in [3.8, 4) is 0 Å². The lowest BCUT2D eigenvalue weighted by Gasteiger charge is -2.15. The molecule has 1 aromatic carbocycles. The molecule has 0 aliphatic carbocycles. The van der Waals surface area contributed by atoms with Crippen molar-refractivity contribution in [2.24, 2.45) is 0 Å². The van der Waals surface area contributed by atoms with Crippen molar-refractivity contribution in [1.29, 1.82) is 0 Å². The summed E-state index contributed by atoms with van der Waals surface area (Å²) in [6, 6.07) is 2.56. The minimum absolute atomic E-state index is 0.00277. The highest BCUT2D eigenvalue weighted by atomic mass is 79.9. The zero-order chi connectivity index (χ0) is 25.5. The molecular weight excluding hydrogens is 562 g/mol. The largest absolute Gasteiger partial charge is 0.416 e. The Bertz CT molecular complexity index is 1420. The second-order valence-corrected chi connectivity index (χ2v) is 8.78. The van der Waals surface area contributed by atoms with Crippen LogP contribution in [0.3, 0.4) is 0 Å². The molecule has 8 nitrogen and oxygen atoms in total. The van der Waals surface area contributed by atoms with Gasteiger partial charge in [0.2, 0.25) is 11.7 Å². The number of fused-ring (bicyclic) bond motifs is 1. The van der Waals surface area contributed by atoms with Crippen LogP contribution in [-0.4, -0.2) is 38.3 Å². The van der Waals surface area contributed by atoms with Gasteiger partial charge in [0.25, 0.3) is 5.56 Å². The van der Waals surface area contributed by atoms with Gasteiger partial charge in [-0.3, -0.25) is 9.59 Å². The van der Waals surface area contributed by atoms with Gasteiger partial charge >= 0.3 is 6.18 Å². The van der Waals surface area contributed by atoms with Gasteiger partial charge in [0.1, 0.15) is 16.8 Å². The molecule has 0 spiro atoms. The highest BCUT2D eigenvalue weighted by Gasteiger charge is 2.31. The summed E-state index contributed by atoms with van der Waals surface area (Å²) < 4.78 is 60.6. The van der Waals surface area contributed by atoms with Crippen LogP contribution in [0.4, 0.5) is 23.2 Å². The Balaban J connectivity index is 1.72. The van der Waals surface area contributed by atoms with Gasteiger partial charge in [-0.15, -0.1) is 5.10 Å². The van der Waals surface area contributed by atoms with Gasteiger partial charge in [-0.2, -0.15) is 22.7 Å². The van der Waals surface area contributed by atoms with Crippen LogP contribution >= 0.6 is 27.5 Å². The molecule has 1 aliphatic heterocycles. The summed E-state index contributed by atoms with van der Waals surface area (Å²) in [7, 11) is 0. The predicted molar refractivity (Wildman–Crippen MR) is 123 cm³/mol. The van der Waals surface area contributed by atoms with Crippen LogP contribution in [0, 0.1) is 0 Å². The molecule has 0 saturated carbocycles. The number of anilines is 1. The fraction of sp³-hybridized carbons (Fsp3) is 0.333. The van der Waals surface area contributed by atoms with E-state index in [0.29, 0.717) is 18.2 Å². The summed E-state index contributed by atoms with van der Waals surface area (Å²) in [5.41, 5.74) is -0.871. The molecular formula is C21H17BrClF4N5O3. The molecule has 35 heavy (non-hydrogen) atoms. The molecule has 0 unspecified atom stereocenters. The molecule has 0 bridgehead atoms. The molecule has 0 atom stereocenters. The summed E-state index contributed by atoms with van der Waals surface area (Å²) >= 11 is 9.17. The smallest absolute Gasteiger partial charge is 0.374 e. The van der Waals surface area contributed by atoms with Gasteiger partial charge < -0.3 is 14.6 Å². The summed E-state index contributed by atoms with van der Waals surface area (Å²) in [6.45, 7) is 1.43. The van der Waals surface area contributed by atoms with Gasteiger partial charge in [0.05, 0.1) is 29.5 Å². The van der Waals surface area contributed by atoms with Gasteiger partial charge in [-0.1, -0.05) is 18.5 Å². The van der Waals surface area contributed by atoms with Crippen LogP contribution in [0.15, 0.2) is 33.3 Å². The fourth-order valence-corrected chi connectivity index (χ4v) is 4.52. The first kappa shape index (κ1) is 25.3. The van der Waals surface area contributed by atoms with E-state index in [0.717, 1.165) is 16.6 Å². The number of carbonyl (C=O) groups excluding carboxylic acids is 1. The Morgan fingerprint density at radius 3 is 2.71 bits per heavy atom. The molecule has 186 valence electrons. The number of carbonyl (C=O) groups is 1. The maximum atomic E-state index is 14.3. The number of ether oxygens (including phenoxy) is 1. The number of rotatable bonds is 5. The van der Waals surface area contributed by atoms with Crippen molar-refractivity contribution >= 4 is 50.5 Å². The van der Waals surface area contributed by atoms with Crippen molar-refractivity contribution < 1.29 is 27.1 Å². The molecule has 1 amide bonds. The van der Waals surface area contributed by atoms with Crippen LogP contribution in [0.2, 0.25) is 5.02 Å². The van der Waals surface area contributed by atoms with E-state index in [1.54, 1.807) is 6.92 Å². The van der Waals surface area contributed by atoms with Gasteiger partial charge in [0.15, 0.2) is 5.82 Å². The first-order chi connectivity index (χ1) is 16.5. The van der Waals surface area contributed by atoms with Crippen molar-refractivity contribution in [2.45, 2.75) is 32.5 Å². The van der Waals surface area contributed by atoms with Crippen molar-refractivity contribution in [3.63, 3.8) is 0 Å². The lowest BCUT2D eigenvalue weighted by Crippen LogP contribution is -2.28. The van der Waals surface area contributed by atoms with Crippen LogP contribution in [0.25, 0.3) is 11.4 Å². The first-order valence-corrected chi connectivity index (χ1v) is 11.5. The number of alkyl halides is 3. The number of aromatic nitrogens is 4.